The molecule has 0 radical (unpaired) electrons. The van der Waals surface area contributed by atoms with Crippen molar-refractivity contribution in [3.63, 3.8) is 0 Å². The van der Waals surface area contributed by atoms with Crippen molar-refractivity contribution in [3.05, 3.63) is 82.3 Å². The number of aryl methyl sites for hydroxylation is 1. The third-order valence-electron chi connectivity index (χ3n) is 12.7. The molecule has 310 valence electrons. The van der Waals surface area contributed by atoms with Gasteiger partial charge in [0, 0.05) is 63.2 Å². The number of carbonyl (C=O) groups excluding carboxylic acids is 3. The third-order valence-corrected chi connectivity index (χ3v) is 12.7. The van der Waals surface area contributed by atoms with Crippen LogP contribution in [0.25, 0.3) is 21.9 Å². The van der Waals surface area contributed by atoms with Crippen LogP contribution in [0.1, 0.15) is 84.7 Å². The number of piperidine rings is 2. The van der Waals surface area contributed by atoms with E-state index in [-0.39, 0.29) is 54.0 Å². The molecule has 3 amide bonds. The number of rotatable bonds is 8. The van der Waals surface area contributed by atoms with Crippen molar-refractivity contribution in [3.8, 4) is 0 Å². The number of halogens is 4. The Hall–Kier alpha value is -5.49. The van der Waals surface area contributed by atoms with Crippen LogP contribution >= 0.6 is 0 Å². The Morgan fingerprint density at radius 1 is 0.983 bits per heavy atom. The number of imide groups is 1. The van der Waals surface area contributed by atoms with Crippen molar-refractivity contribution < 1.29 is 31.9 Å². The van der Waals surface area contributed by atoms with E-state index in [1.165, 1.54) is 16.8 Å². The predicted molar refractivity (Wildman–Crippen MR) is 208 cm³/mol. The van der Waals surface area contributed by atoms with E-state index in [0.29, 0.717) is 36.6 Å². The second-order valence-corrected chi connectivity index (χ2v) is 16.4. The number of imidazole rings is 1. The zero-order valence-electron chi connectivity index (χ0n) is 32.4. The topological polar surface area (TPSA) is 152 Å². The third kappa shape index (κ3) is 7.52. The van der Waals surface area contributed by atoms with Crippen molar-refractivity contribution in [2.24, 2.45) is 13.0 Å². The molecule has 18 heteroatoms. The van der Waals surface area contributed by atoms with E-state index in [1.54, 1.807) is 17.7 Å². The fraction of sp³-hybridized carbons (Fsp3) is 0.488. The van der Waals surface area contributed by atoms with E-state index in [2.05, 4.69) is 30.4 Å². The number of fused-ring (bicyclic) bond motifs is 2. The van der Waals surface area contributed by atoms with Crippen LogP contribution in [0.15, 0.2) is 59.7 Å². The molecule has 2 N–H and O–H groups in total. The molecule has 4 fully saturated rings. The van der Waals surface area contributed by atoms with Crippen molar-refractivity contribution in [1.29, 1.82) is 0 Å². The highest BCUT2D eigenvalue weighted by Crippen LogP contribution is 2.38. The first-order valence-electron chi connectivity index (χ1n) is 20.1. The number of likely N-dealkylation sites (tertiary alicyclic amines) is 2. The molecule has 3 aliphatic heterocycles. The average molecular weight is 817 g/mol. The lowest BCUT2D eigenvalue weighted by molar-refractivity contribution is -0.141. The van der Waals surface area contributed by atoms with E-state index in [1.807, 2.05) is 29.1 Å². The SMILES string of the molecule is Cn1c(=O)n(C2CCC(=O)NC2=O)c2cccc(C3CN([C@H]4CCN(C[C@H]5CC[C@H](n6cc7cc(NC(=O)c8cccc(C(F)(F)F)n8)ncc7n6)CC5)C[C@@H]4F)C3)c21. The molecule has 0 spiro atoms. The Bertz CT molecular complexity index is 2500. The first-order chi connectivity index (χ1) is 28.3. The summed E-state index contributed by atoms with van der Waals surface area (Å²) in [5.74, 6) is -0.839. The molecule has 5 aromatic rings. The Labute approximate surface area is 335 Å². The molecule has 1 aliphatic carbocycles. The second kappa shape index (κ2) is 15.3. The Balaban J connectivity index is 0.759. The zero-order valence-corrected chi connectivity index (χ0v) is 32.4. The molecule has 14 nitrogen and oxygen atoms in total. The number of aromatic nitrogens is 6. The molecular formula is C41H44F4N10O4. The quantitative estimate of drug-likeness (QED) is 0.163. The lowest BCUT2D eigenvalue weighted by Crippen LogP contribution is -2.59. The van der Waals surface area contributed by atoms with Gasteiger partial charge in [-0.2, -0.15) is 18.3 Å². The zero-order chi connectivity index (χ0) is 41.2. The molecule has 4 aromatic heterocycles. The van der Waals surface area contributed by atoms with Crippen molar-refractivity contribution in [2.45, 2.75) is 81.3 Å². The summed E-state index contributed by atoms with van der Waals surface area (Å²) in [6.45, 7) is 3.45. The lowest BCUT2D eigenvalue weighted by atomic mass is 9.84. The van der Waals surface area contributed by atoms with Crippen molar-refractivity contribution in [1.82, 2.24) is 44.0 Å². The molecule has 1 aromatic carbocycles. The van der Waals surface area contributed by atoms with E-state index < -0.39 is 35.9 Å². The fourth-order valence-electron chi connectivity index (χ4n) is 9.60. The number of hydrogen-bond acceptors (Lipinski definition) is 9. The van der Waals surface area contributed by atoms with Crippen LogP contribution in [0.3, 0.4) is 0 Å². The molecule has 9 rings (SSSR count). The van der Waals surface area contributed by atoms with E-state index >= 15 is 4.39 Å². The molecular weight excluding hydrogens is 773 g/mol. The monoisotopic (exact) mass is 816 g/mol. The van der Waals surface area contributed by atoms with E-state index in [9.17, 15) is 32.3 Å². The summed E-state index contributed by atoms with van der Waals surface area (Å²) >= 11 is 0. The number of pyridine rings is 2. The number of anilines is 1. The number of nitrogens with zero attached hydrogens (tertiary/aromatic N) is 8. The smallest absolute Gasteiger partial charge is 0.305 e. The highest BCUT2D eigenvalue weighted by molar-refractivity contribution is 6.03. The molecule has 3 atom stereocenters. The number of alkyl halides is 4. The fourth-order valence-corrected chi connectivity index (χ4v) is 9.60. The summed E-state index contributed by atoms with van der Waals surface area (Å²) in [6, 6.07) is 9.81. The maximum Gasteiger partial charge on any atom is 0.433 e. The number of para-hydroxylation sites is 1. The summed E-state index contributed by atoms with van der Waals surface area (Å²) in [5.41, 5.74) is 1.28. The van der Waals surface area contributed by atoms with Crippen LogP contribution in [0, 0.1) is 5.92 Å². The molecule has 59 heavy (non-hydrogen) atoms. The maximum atomic E-state index is 15.8. The predicted octanol–water partition coefficient (Wildman–Crippen LogP) is 4.97. The highest BCUT2D eigenvalue weighted by Gasteiger charge is 2.42. The minimum Gasteiger partial charge on any atom is -0.305 e. The van der Waals surface area contributed by atoms with Gasteiger partial charge in [0.15, 0.2) is 0 Å². The van der Waals surface area contributed by atoms with Gasteiger partial charge in [-0.25, -0.2) is 19.2 Å². The van der Waals surface area contributed by atoms with Gasteiger partial charge in [-0.05, 0) is 80.8 Å². The first kappa shape index (κ1) is 39.0. The van der Waals surface area contributed by atoms with Crippen molar-refractivity contribution >= 4 is 45.5 Å². The Morgan fingerprint density at radius 3 is 2.51 bits per heavy atom. The van der Waals surface area contributed by atoms with Gasteiger partial charge >= 0.3 is 11.9 Å². The minimum absolute atomic E-state index is 0.129. The molecule has 1 unspecified atom stereocenters. The summed E-state index contributed by atoms with van der Waals surface area (Å²) < 4.78 is 60.1. The van der Waals surface area contributed by atoms with Gasteiger partial charge in [0.25, 0.3) is 5.91 Å². The molecule has 7 heterocycles. The van der Waals surface area contributed by atoms with Gasteiger partial charge in [-0.1, -0.05) is 18.2 Å². The molecule has 1 saturated carbocycles. The van der Waals surface area contributed by atoms with Crippen LogP contribution in [-0.4, -0.2) is 101 Å². The molecule has 0 bridgehead atoms. The summed E-state index contributed by atoms with van der Waals surface area (Å²) in [7, 11) is 1.71. The van der Waals surface area contributed by atoms with E-state index in [0.717, 1.165) is 73.8 Å². The van der Waals surface area contributed by atoms with Gasteiger partial charge in [-0.3, -0.25) is 38.4 Å². The maximum absolute atomic E-state index is 15.8. The van der Waals surface area contributed by atoms with Crippen molar-refractivity contribution in [2.75, 3.05) is 38.0 Å². The largest absolute Gasteiger partial charge is 0.433 e. The standard InChI is InChI=1S/C41H44F4N10O4/c1-51-37-27(4-2-6-32(37)55(40(51)59)33-12-13-36(56)49-39(33)58)25-19-53(20-25)31-14-15-52(22-28(31)42)18-23-8-10-26(11-9-23)54-21-24-16-35(46-17-30(24)50-54)48-38(57)29-5-3-7-34(47-29)41(43,44)45/h2-7,16-17,21,23,25-26,28,31,33H,8-15,18-20,22H2,1H3,(H,48,57)(H,49,56,58)/t23-,26-,28-,31-,33?/m0/s1. The van der Waals surface area contributed by atoms with Gasteiger partial charge in [0.05, 0.1) is 23.3 Å². The molecule has 4 aliphatic rings. The normalized spacial score (nSPS) is 25.0. The number of carbonyl (C=O) groups is 3. The number of amides is 3. The van der Waals surface area contributed by atoms with Gasteiger partial charge in [0.1, 0.15) is 34.9 Å². The van der Waals surface area contributed by atoms with E-state index in [4.69, 9.17) is 5.10 Å². The summed E-state index contributed by atoms with van der Waals surface area (Å²) in [5, 5.41) is 10.3. The number of hydrogen-bond donors (Lipinski definition) is 2. The van der Waals surface area contributed by atoms with Gasteiger partial charge in [0.2, 0.25) is 11.8 Å². The summed E-state index contributed by atoms with van der Waals surface area (Å²) in [4.78, 5) is 62.6. The van der Waals surface area contributed by atoms with Crippen LogP contribution < -0.4 is 16.3 Å². The van der Waals surface area contributed by atoms with Crippen LogP contribution in [-0.2, 0) is 22.8 Å². The number of nitrogens with one attached hydrogen (secondary N) is 2. The molecule has 3 saturated heterocycles. The first-order valence-corrected chi connectivity index (χ1v) is 20.1. The lowest BCUT2D eigenvalue weighted by Gasteiger charge is -2.49. The van der Waals surface area contributed by atoms with Gasteiger partial charge in [-0.15, -0.1) is 0 Å². The van der Waals surface area contributed by atoms with Gasteiger partial charge < -0.3 is 10.2 Å². The van der Waals surface area contributed by atoms with Crippen LogP contribution in [0.2, 0.25) is 0 Å². The van der Waals surface area contributed by atoms with Crippen LogP contribution in [0.4, 0.5) is 23.4 Å². The highest BCUT2D eigenvalue weighted by atomic mass is 19.4. The average Bonchev–Trinajstić information content (AvgIpc) is 3.73. The number of benzene rings is 1. The second-order valence-electron chi connectivity index (χ2n) is 16.4. The Morgan fingerprint density at radius 2 is 1.76 bits per heavy atom. The van der Waals surface area contributed by atoms with Crippen LogP contribution in [0.5, 0.6) is 0 Å². The summed E-state index contributed by atoms with van der Waals surface area (Å²) in [6.07, 6.45) is 2.76. The Kier molecular flexibility index (Phi) is 10.1. The minimum atomic E-state index is -4.67.